The van der Waals surface area contributed by atoms with Gasteiger partial charge in [0.05, 0.1) is 11.4 Å². The molecular formula is C21H19FN2OS. The van der Waals surface area contributed by atoms with E-state index in [0.29, 0.717) is 11.4 Å². The third-order valence-electron chi connectivity index (χ3n) is 3.87. The lowest BCUT2D eigenvalue weighted by molar-refractivity contribution is 0.0957. The van der Waals surface area contributed by atoms with Crippen molar-refractivity contribution in [1.82, 2.24) is 5.32 Å². The van der Waals surface area contributed by atoms with Gasteiger partial charge in [-0.05, 0) is 59.8 Å². The van der Waals surface area contributed by atoms with E-state index in [-0.39, 0.29) is 5.56 Å². The van der Waals surface area contributed by atoms with Crippen LogP contribution in [0.25, 0.3) is 11.1 Å². The van der Waals surface area contributed by atoms with Gasteiger partial charge in [-0.2, -0.15) is 0 Å². The highest BCUT2D eigenvalue weighted by Gasteiger charge is 2.15. The number of para-hydroxylation sites is 1. The van der Waals surface area contributed by atoms with Crippen molar-refractivity contribution in [3.05, 3.63) is 89.7 Å². The van der Waals surface area contributed by atoms with Crippen LogP contribution in [0.1, 0.15) is 15.9 Å². The predicted octanol–water partition coefficient (Wildman–Crippen LogP) is 5.25. The quantitative estimate of drug-likeness (QED) is 0.356. The van der Waals surface area contributed by atoms with Gasteiger partial charge >= 0.3 is 0 Å². The molecule has 26 heavy (non-hydrogen) atoms. The highest BCUT2D eigenvalue weighted by atomic mass is 32.2. The summed E-state index contributed by atoms with van der Waals surface area (Å²) in [6, 6.07) is 22.6. The molecule has 0 aromatic heterocycles. The largest absolute Gasteiger partial charge is 0.341 e. The molecule has 0 unspecified atom stereocenters. The summed E-state index contributed by atoms with van der Waals surface area (Å²) in [7, 11) is 0. The third-order valence-corrected chi connectivity index (χ3v) is 4.54. The summed E-state index contributed by atoms with van der Waals surface area (Å²) in [5.41, 5.74) is 3.23. The van der Waals surface area contributed by atoms with Crippen LogP contribution in [-0.2, 0) is 0 Å². The van der Waals surface area contributed by atoms with Gasteiger partial charge in [0, 0.05) is 5.69 Å². The molecule has 0 radical (unpaired) electrons. The monoisotopic (exact) mass is 366 g/mol. The van der Waals surface area contributed by atoms with Gasteiger partial charge in [-0.15, -0.1) is 0 Å². The summed E-state index contributed by atoms with van der Waals surface area (Å²) in [6.45, 7) is 1.67. The van der Waals surface area contributed by atoms with E-state index in [1.54, 1.807) is 19.1 Å². The lowest BCUT2D eigenvalue weighted by Crippen LogP contribution is -2.24. The van der Waals surface area contributed by atoms with E-state index < -0.39 is 11.7 Å². The SMILES string of the molecule is Cc1cc(-c2ccccc2)cc(C(=O)NCSNc2ccccc2)c1F. The maximum Gasteiger partial charge on any atom is 0.254 e. The molecule has 2 N–H and O–H groups in total. The Balaban J connectivity index is 1.67. The summed E-state index contributed by atoms with van der Waals surface area (Å²) < 4.78 is 17.6. The van der Waals surface area contributed by atoms with Crippen molar-refractivity contribution in [3.63, 3.8) is 0 Å². The Morgan fingerprint density at radius 2 is 1.62 bits per heavy atom. The first-order chi connectivity index (χ1) is 12.6. The van der Waals surface area contributed by atoms with Crippen molar-refractivity contribution >= 4 is 23.5 Å². The molecule has 3 aromatic rings. The molecule has 0 fully saturated rings. The molecule has 0 aliphatic carbocycles. The lowest BCUT2D eigenvalue weighted by Gasteiger charge is -2.11. The Morgan fingerprint density at radius 1 is 0.962 bits per heavy atom. The summed E-state index contributed by atoms with van der Waals surface area (Å²) >= 11 is 1.34. The Bertz CT molecular complexity index is 885. The van der Waals surface area contributed by atoms with Gasteiger partial charge in [-0.3, -0.25) is 4.79 Å². The molecule has 0 heterocycles. The number of nitrogens with one attached hydrogen (secondary N) is 2. The minimum atomic E-state index is -0.483. The van der Waals surface area contributed by atoms with E-state index in [2.05, 4.69) is 10.0 Å². The number of carbonyl (C=O) groups excluding carboxylic acids is 1. The first-order valence-electron chi connectivity index (χ1n) is 8.22. The van der Waals surface area contributed by atoms with E-state index in [9.17, 15) is 9.18 Å². The number of hydrogen-bond acceptors (Lipinski definition) is 3. The fourth-order valence-electron chi connectivity index (χ4n) is 2.55. The average molecular weight is 366 g/mol. The zero-order valence-corrected chi connectivity index (χ0v) is 15.1. The average Bonchev–Trinajstić information content (AvgIpc) is 2.68. The van der Waals surface area contributed by atoms with Crippen LogP contribution in [0.2, 0.25) is 0 Å². The van der Waals surface area contributed by atoms with Crippen molar-refractivity contribution in [2.75, 3.05) is 10.6 Å². The van der Waals surface area contributed by atoms with Gasteiger partial charge in [-0.1, -0.05) is 48.5 Å². The van der Waals surface area contributed by atoms with Gasteiger partial charge < -0.3 is 10.0 Å². The van der Waals surface area contributed by atoms with E-state index >= 15 is 0 Å². The minimum Gasteiger partial charge on any atom is -0.341 e. The molecule has 1 amide bonds. The van der Waals surface area contributed by atoms with E-state index in [4.69, 9.17) is 0 Å². The van der Waals surface area contributed by atoms with Crippen LogP contribution in [0, 0.1) is 12.7 Å². The fourth-order valence-corrected chi connectivity index (χ4v) is 3.13. The normalized spacial score (nSPS) is 10.4. The maximum absolute atomic E-state index is 14.4. The van der Waals surface area contributed by atoms with Crippen molar-refractivity contribution in [2.45, 2.75) is 6.92 Å². The Kier molecular flexibility index (Phi) is 5.92. The third kappa shape index (κ3) is 4.43. The van der Waals surface area contributed by atoms with Crippen LogP contribution in [0.3, 0.4) is 0 Å². The first-order valence-corrected chi connectivity index (χ1v) is 9.20. The summed E-state index contributed by atoms with van der Waals surface area (Å²) in [5, 5.41) is 2.74. The van der Waals surface area contributed by atoms with Crippen molar-refractivity contribution in [1.29, 1.82) is 0 Å². The molecule has 3 rings (SSSR count). The number of rotatable bonds is 6. The highest BCUT2D eigenvalue weighted by molar-refractivity contribution is 8.00. The number of aryl methyl sites for hydroxylation is 1. The Hall–Kier alpha value is -2.79. The Labute approximate surface area is 156 Å². The number of hydrogen-bond donors (Lipinski definition) is 2. The molecule has 0 aliphatic rings. The number of benzene rings is 3. The molecule has 0 spiro atoms. The van der Waals surface area contributed by atoms with Crippen molar-refractivity contribution in [2.24, 2.45) is 0 Å². The number of anilines is 1. The van der Waals surface area contributed by atoms with Crippen LogP contribution in [0.4, 0.5) is 10.1 Å². The minimum absolute atomic E-state index is 0.0594. The number of halogens is 1. The van der Waals surface area contributed by atoms with Gasteiger partial charge in [0.2, 0.25) is 0 Å². The maximum atomic E-state index is 14.4. The molecule has 5 heteroatoms. The molecular weight excluding hydrogens is 347 g/mol. The van der Waals surface area contributed by atoms with Gasteiger partial charge in [0.1, 0.15) is 5.82 Å². The lowest BCUT2D eigenvalue weighted by atomic mass is 9.99. The van der Waals surface area contributed by atoms with Crippen LogP contribution < -0.4 is 10.0 Å². The standard InChI is InChI=1S/C21H19FN2OS/c1-15-12-17(16-8-4-2-5-9-16)13-19(20(15)22)21(25)23-14-26-24-18-10-6-3-7-11-18/h2-13,24H,14H2,1H3,(H,23,25). The summed E-state index contributed by atoms with van der Waals surface area (Å²) in [6.07, 6.45) is 0. The number of carbonyl (C=O) groups is 1. The highest BCUT2D eigenvalue weighted by Crippen LogP contribution is 2.24. The van der Waals surface area contributed by atoms with Gasteiger partial charge in [0.15, 0.2) is 0 Å². The smallest absolute Gasteiger partial charge is 0.254 e. The molecule has 0 aliphatic heterocycles. The molecule has 0 saturated heterocycles. The van der Waals surface area contributed by atoms with Gasteiger partial charge in [-0.25, -0.2) is 4.39 Å². The van der Waals surface area contributed by atoms with Crippen LogP contribution in [0.5, 0.6) is 0 Å². The molecule has 0 saturated carbocycles. The summed E-state index contributed by atoms with van der Waals surface area (Å²) in [4.78, 5) is 12.4. The van der Waals surface area contributed by atoms with Crippen LogP contribution in [-0.4, -0.2) is 11.8 Å². The van der Waals surface area contributed by atoms with E-state index in [0.717, 1.165) is 16.8 Å². The fraction of sp³-hybridized carbons (Fsp3) is 0.0952. The second-order valence-electron chi connectivity index (χ2n) is 5.78. The van der Waals surface area contributed by atoms with E-state index in [1.807, 2.05) is 60.7 Å². The van der Waals surface area contributed by atoms with Crippen LogP contribution >= 0.6 is 11.9 Å². The molecule has 132 valence electrons. The zero-order valence-electron chi connectivity index (χ0n) is 14.3. The van der Waals surface area contributed by atoms with E-state index in [1.165, 1.54) is 11.9 Å². The first kappa shape index (κ1) is 18.0. The summed E-state index contributed by atoms with van der Waals surface area (Å²) in [5.74, 6) is -0.587. The predicted molar refractivity (Wildman–Crippen MR) is 107 cm³/mol. The second kappa shape index (κ2) is 8.54. The van der Waals surface area contributed by atoms with Crippen molar-refractivity contribution in [3.8, 4) is 11.1 Å². The second-order valence-corrected chi connectivity index (χ2v) is 6.56. The zero-order chi connectivity index (χ0) is 18.4. The molecule has 3 nitrogen and oxygen atoms in total. The molecule has 3 aromatic carbocycles. The topological polar surface area (TPSA) is 41.1 Å². The van der Waals surface area contributed by atoms with Crippen LogP contribution in [0.15, 0.2) is 72.8 Å². The van der Waals surface area contributed by atoms with Gasteiger partial charge in [0.25, 0.3) is 5.91 Å². The molecule has 0 atom stereocenters. The Morgan fingerprint density at radius 3 is 2.31 bits per heavy atom. The molecule has 0 bridgehead atoms. The van der Waals surface area contributed by atoms with Crippen molar-refractivity contribution < 1.29 is 9.18 Å². The number of amides is 1.